The lowest BCUT2D eigenvalue weighted by Gasteiger charge is -2.21. The van der Waals surface area contributed by atoms with Crippen LogP contribution >= 0.6 is 11.8 Å². The number of rotatable bonds is 8. The van der Waals surface area contributed by atoms with Crippen molar-refractivity contribution in [3.05, 3.63) is 54.5 Å². The number of carbonyl (C=O) groups excluding carboxylic acids is 1. The van der Waals surface area contributed by atoms with Crippen LogP contribution in [0.1, 0.15) is 12.2 Å². The van der Waals surface area contributed by atoms with Gasteiger partial charge in [0.25, 0.3) is 0 Å². The molecule has 132 valence electrons. The number of para-hydroxylation sites is 1. The summed E-state index contributed by atoms with van der Waals surface area (Å²) in [7, 11) is 0. The Kier molecular flexibility index (Phi) is 6.01. The van der Waals surface area contributed by atoms with Crippen LogP contribution in [0.3, 0.4) is 0 Å². The Labute approximate surface area is 154 Å². The van der Waals surface area contributed by atoms with Crippen LogP contribution in [0.5, 0.6) is 0 Å². The van der Waals surface area contributed by atoms with Gasteiger partial charge in [0.2, 0.25) is 11.1 Å². The maximum Gasteiger partial charge on any atom is 0.237 e. The Balaban J connectivity index is 1.65. The van der Waals surface area contributed by atoms with Gasteiger partial charge in [0.1, 0.15) is 12.3 Å². The molecule has 3 rings (SSSR count). The molecule has 0 saturated carbocycles. The molecule has 3 aromatic rings. The van der Waals surface area contributed by atoms with E-state index in [1.807, 2.05) is 36.4 Å². The molecule has 0 aliphatic heterocycles. The van der Waals surface area contributed by atoms with Crippen LogP contribution in [0.15, 0.2) is 58.3 Å². The monoisotopic (exact) mass is 368 g/mol. The number of anilines is 1. The number of nitriles is 1. The highest BCUT2D eigenvalue weighted by atomic mass is 32.2. The van der Waals surface area contributed by atoms with Gasteiger partial charge in [-0.3, -0.25) is 4.79 Å². The summed E-state index contributed by atoms with van der Waals surface area (Å²) >= 11 is 1.25. The summed E-state index contributed by atoms with van der Waals surface area (Å²) in [6.07, 6.45) is 1.85. The highest BCUT2D eigenvalue weighted by Crippen LogP contribution is 2.19. The molecule has 9 heteroatoms. The highest BCUT2D eigenvalue weighted by molar-refractivity contribution is 7.99. The van der Waals surface area contributed by atoms with Crippen LogP contribution in [-0.2, 0) is 11.3 Å². The molecule has 0 spiro atoms. The molecule has 0 aliphatic rings. The molecule has 0 bridgehead atoms. The molecular formula is C17H16N6O2S. The summed E-state index contributed by atoms with van der Waals surface area (Å²) in [5.41, 5.74) is 0.767. The van der Waals surface area contributed by atoms with E-state index in [9.17, 15) is 4.79 Å². The van der Waals surface area contributed by atoms with E-state index in [4.69, 9.17) is 9.68 Å². The number of furan rings is 1. The van der Waals surface area contributed by atoms with Gasteiger partial charge >= 0.3 is 0 Å². The van der Waals surface area contributed by atoms with Gasteiger partial charge in [0, 0.05) is 12.2 Å². The first kappa shape index (κ1) is 17.7. The quantitative estimate of drug-likeness (QED) is 0.563. The first-order valence-corrected chi connectivity index (χ1v) is 8.90. The number of nitrogens with zero attached hydrogens (tertiary/aromatic N) is 6. The molecule has 0 N–H and O–H groups in total. The molecule has 2 heterocycles. The van der Waals surface area contributed by atoms with Crippen molar-refractivity contribution in [3.63, 3.8) is 0 Å². The molecule has 0 saturated heterocycles. The highest BCUT2D eigenvalue weighted by Gasteiger charge is 2.18. The average molecular weight is 368 g/mol. The first-order valence-electron chi connectivity index (χ1n) is 7.91. The lowest BCUT2D eigenvalue weighted by Crippen LogP contribution is -2.33. The van der Waals surface area contributed by atoms with E-state index in [1.165, 1.54) is 11.8 Å². The largest absolute Gasteiger partial charge is 0.467 e. The van der Waals surface area contributed by atoms with Crippen molar-refractivity contribution in [1.82, 2.24) is 20.2 Å². The predicted molar refractivity (Wildman–Crippen MR) is 95.4 cm³/mol. The van der Waals surface area contributed by atoms with E-state index in [0.29, 0.717) is 18.2 Å². The van der Waals surface area contributed by atoms with Crippen LogP contribution in [0.25, 0.3) is 0 Å². The van der Waals surface area contributed by atoms with E-state index in [-0.39, 0.29) is 18.1 Å². The summed E-state index contributed by atoms with van der Waals surface area (Å²) in [6, 6.07) is 15.0. The number of hydrogen-bond donors (Lipinski definition) is 0. The van der Waals surface area contributed by atoms with Crippen molar-refractivity contribution < 1.29 is 9.21 Å². The van der Waals surface area contributed by atoms with E-state index >= 15 is 0 Å². The Morgan fingerprint density at radius 2 is 2.12 bits per heavy atom. The number of thioether (sulfide) groups is 1. The van der Waals surface area contributed by atoms with Crippen molar-refractivity contribution in [2.45, 2.75) is 18.1 Å². The van der Waals surface area contributed by atoms with Gasteiger partial charge in [-0.05, 0) is 34.7 Å². The Morgan fingerprint density at radius 1 is 1.27 bits per heavy atom. The summed E-state index contributed by atoms with van der Waals surface area (Å²) in [4.78, 5) is 14.3. The van der Waals surface area contributed by atoms with Crippen LogP contribution < -0.4 is 4.90 Å². The molecule has 0 radical (unpaired) electrons. The predicted octanol–water partition coefficient (Wildman–Crippen LogP) is 2.35. The zero-order chi connectivity index (χ0) is 18.2. The van der Waals surface area contributed by atoms with Crippen molar-refractivity contribution in [3.8, 4) is 6.07 Å². The van der Waals surface area contributed by atoms with Gasteiger partial charge in [-0.25, -0.2) is 4.68 Å². The van der Waals surface area contributed by atoms with Crippen molar-refractivity contribution in [2.24, 2.45) is 0 Å². The smallest absolute Gasteiger partial charge is 0.237 e. The average Bonchev–Trinajstić information content (AvgIpc) is 3.34. The fourth-order valence-corrected chi connectivity index (χ4v) is 3.07. The second kappa shape index (κ2) is 8.82. The van der Waals surface area contributed by atoms with E-state index in [0.717, 1.165) is 11.4 Å². The van der Waals surface area contributed by atoms with Crippen LogP contribution in [0.2, 0.25) is 0 Å². The molecule has 1 amide bonds. The zero-order valence-corrected chi connectivity index (χ0v) is 14.7. The number of tetrazole rings is 1. The van der Waals surface area contributed by atoms with Gasteiger partial charge in [-0.2, -0.15) is 5.26 Å². The van der Waals surface area contributed by atoms with E-state index < -0.39 is 0 Å². The van der Waals surface area contributed by atoms with Crippen LogP contribution in [0.4, 0.5) is 5.69 Å². The van der Waals surface area contributed by atoms with E-state index in [1.54, 1.807) is 21.9 Å². The molecule has 0 unspecified atom stereocenters. The van der Waals surface area contributed by atoms with Gasteiger partial charge in [0.05, 0.1) is 24.5 Å². The SMILES string of the molecule is N#CCCN(C(=O)CSc1nnnn1Cc1ccco1)c1ccccc1. The summed E-state index contributed by atoms with van der Waals surface area (Å²) < 4.78 is 6.88. The minimum Gasteiger partial charge on any atom is -0.467 e. The third-order valence-corrected chi connectivity index (χ3v) is 4.47. The third kappa shape index (κ3) is 4.49. The van der Waals surface area contributed by atoms with Gasteiger partial charge in [-0.1, -0.05) is 30.0 Å². The normalized spacial score (nSPS) is 10.4. The fraction of sp³-hybridized carbons (Fsp3) is 0.235. The van der Waals surface area contributed by atoms with Crippen LogP contribution in [0, 0.1) is 11.3 Å². The fourth-order valence-electron chi connectivity index (χ4n) is 2.32. The second-order valence-electron chi connectivity index (χ2n) is 5.28. The zero-order valence-electron chi connectivity index (χ0n) is 13.9. The maximum atomic E-state index is 12.7. The number of amides is 1. The molecule has 0 aliphatic carbocycles. The number of hydrogen-bond acceptors (Lipinski definition) is 7. The number of aromatic nitrogens is 4. The molecule has 0 atom stereocenters. The Bertz CT molecular complexity index is 872. The standard InChI is InChI=1S/C17H16N6O2S/c18-9-5-10-22(14-6-2-1-3-7-14)16(24)13-26-17-19-20-21-23(17)12-15-8-4-11-25-15/h1-4,6-8,11H,5,10,12-13H2. The summed E-state index contributed by atoms with van der Waals surface area (Å²) in [5, 5.41) is 20.9. The molecule has 8 nitrogen and oxygen atoms in total. The minimum absolute atomic E-state index is 0.107. The van der Waals surface area contributed by atoms with Gasteiger partial charge in [0.15, 0.2) is 0 Å². The lowest BCUT2D eigenvalue weighted by molar-refractivity contribution is -0.116. The van der Waals surface area contributed by atoms with Crippen LogP contribution in [-0.4, -0.2) is 38.4 Å². The van der Waals surface area contributed by atoms with Gasteiger partial charge < -0.3 is 9.32 Å². The summed E-state index contributed by atoms with van der Waals surface area (Å²) in [6.45, 7) is 0.741. The molecular weight excluding hydrogens is 352 g/mol. The number of carbonyl (C=O) groups is 1. The Hall–Kier alpha value is -3.12. The number of benzene rings is 1. The van der Waals surface area contributed by atoms with Crippen molar-refractivity contribution in [1.29, 1.82) is 5.26 Å². The Morgan fingerprint density at radius 3 is 2.85 bits per heavy atom. The molecule has 26 heavy (non-hydrogen) atoms. The first-order chi connectivity index (χ1) is 12.8. The lowest BCUT2D eigenvalue weighted by atomic mass is 10.2. The van der Waals surface area contributed by atoms with E-state index in [2.05, 4.69) is 21.6 Å². The van der Waals surface area contributed by atoms with Gasteiger partial charge in [-0.15, -0.1) is 5.10 Å². The molecule has 0 fully saturated rings. The van der Waals surface area contributed by atoms with Crippen molar-refractivity contribution >= 4 is 23.4 Å². The maximum absolute atomic E-state index is 12.7. The third-order valence-electron chi connectivity index (χ3n) is 3.53. The minimum atomic E-state index is -0.107. The molecule has 2 aromatic heterocycles. The van der Waals surface area contributed by atoms with Crippen molar-refractivity contribution in [2.75, 3.05) is 17.2 Å². The topological polar surface area (TPSA) is 101 Å². The summed E-state index contributed by atoms with van der Waals surface area (Å²) in [5.74, 6) is 0.785. The second-order valence-corrected chi connectivity index (χ2v) is 6.22. The molecule has 1 aromatic carbocycles.